The normalized spacial score (nSPS) is 18.2. The minimum Gasteiger partial charge on any atom is -0.488 e. The first kappa shape index (κ1) is 20.3. The van der Waals surface area contributed by atoms with Gasteiger partial charge in [0.2, 0.25) is 0 Å². The Morgan fingerprint density at radius 1 is 1.19 bits per heavy atom. The number of likely N-dealkylation sites (tertiary alicyclic amines) is 1. The minimum atomic E-state index is 0.0753. The molecular weight excluding hydrogens is 404 g/mol. The van der Waals surface area contributed by atoms with Crippen LogP contribution >= 0.6 is 0 Å². The highest BCUT2D eigenvalue weighted by Crippen LogP contribution is 2.36. The molecule has 164 valence electrons. The lowest BCUT2D eigenvalue weighted by atomic mass is 9.82. The molecule has 1 aliphatic heterocycles. The molecule has 0 aromatic carbocycles. The zero-order valence-electron chi connectivity index (χ0n) is 18.4. The van der Waals surface area contributed by atoms with Gasteiger partial charge in [-0.2, -0.15) is 15.6 Å². The smallest absolute Gasteiger partial charge is 0.179 e. The average Bonchev–Trinajstić information content (AvgIpc) is 3.35. The second-order valence-electron chi connectivity index (χ2n) is 8.86. The van der Waals surface area contributed by atoms with E-state index in [4.69, 9.17) is 10.00 Å². The number of aromatic nitrogens is 5. The first-order valence-electron chi connectivity index (χ1n) is 11.2. The van der Waals surface area contributed by atoms with Crippen LogP contribution in [0.4, 0.5) is 0 Å². The van der Waals surface area contributed by atoms with Gasteiger partial charge in [-0.15, -0.1) is 5.10 Å². The van der Waals surface area contributed by atoms with Crippen LogP contribution in [0.3, 0.4) is 0 Å². The van der Waals surface area contributed by atoms with E-state index in [1.165, 1.54) is 19.3 Å². The predicted octanol–water partition coefficient (Wildman–Crippen LogP) is 3.46. The quantitative estimate of drug-likeness (QED) is 0.570. The summed E-state index contributed by atoms with van der Waals surface area (Å²) >= 11 is 0. The zero-order valence-corrected chi connectivity index (χ0v) is 18.4. The molecule has 9 nitrogen and oxygen atoms in total. The number of pyridine rings is 1. The Hall–Kier alpha value is -3.59. The second kappa shape index (κ2) is 8.16. The van der Waals surface area contributed by atoms with E-state index in [2.05, 4.69) is 34.6 Å². The van der Waals surface area contributed by atoms with Crippen LogP contribution in [-0.4, -0.2) is 48.7 Å². The van der Waals surface area contributed by atoms with Crippen LogP contribution < -0.4 is 4.74 Å². The molecule has 1 saturated heterocycles. The van der Waals surface area contributed by atoms with Gasteiger partial charge in [0.15, 0.2) is 6.19 Å². The molecule has 1 saturated carbocycles. The second-order valence-corrected chi connectivity index (χ2v) is 8.86. The molecule has 1 aliphatic carbocycles. The number of hydrogen-bond acceptors (Lipinski definition) is 7. The molecule has 4 heterocycles. The van der Waals surface area contributed by atoms with Crippen molar-refractivity contribution < 1.29 is 4.74 Å². The first-order valence-corrected chi connectivity index (χ1v) is 11.2. The molecule has 2 aliphatic rings. The maximum Gasteiger partial charge on any atom is 0.179 e. The Labute approximate surface area is 186 Å². The molecule has 0 radical (unpaired) electrons. The molecule has 5 rings (SSSR count). The highest BCUT2D eigenvalue weighted by molar-refractivity contribution is 5.74. The minimum absolute atomic E-state index is 0.0753. The van der Waals surface area contributed by atoms with Crippen LogP contribution in [0.5, 0.6) is 5.75 Å². The lowest BCUT2D eigenvalue weighted by Crippen LogP contribution is -2.31. The molecule has 3 aromatic rings. The standard InChI is InChI=1S/C23H26N8O/c1-15-22(27-28-31(15)20-6-8-29(14-25)9-7-20)18-10-21(32-16(2)17-4-3-5-17)23-19(11-24)12-26-30(23)13-18/h10,12-13,16-17,20H,3-9H2,1-2H3/t16-/m1/s1. The molecule has 0 bridgehead atoms. The molecule has 2 fully saturated rings. The summed E-state index contributed by atoms with van der Waals surface area (Å²) in [6, 6.07) is 4.42. The maximum absolute atomic E-state index is 9.56. The molecule has 0 spiro atoms. The van der Waals surface area contributed by atoms with E-state index in [0.29, 0.717) is 22.7 Å². The molecule has 1 atom stereocenters. The number of piperidine rings is 1. The Morgan fingerprint density at radius 2 is 1.97 bits per heavy atom. The van der Waals surface area contributed by atoms with Gasteiger partial charge >= 0.3 is 0 Å². The van der Waals surface area contributed by atoms with Crippen LogP contribution in [0, 0.1) is 35.6 Å². The van der Waals surface area contributed by atoms with E-state index in [9.17, 15) is 5.26 Å². The van der Waals surface area contributed by atoms with Gasteiger partial charge in [0.05, 0.1) is 24.0 Å². The van der Waals surface area contributed by atoms with Crippen LogP contribution in [0.1, 0.15) is 56.3 Å². The Morgan fingerprint density at radius 3 is 2.62 bits per heavy atom. The van der Waals surface area contributed by atoms with Gasteiger partial charge < -0.3 is 9.64 Å². The number of fused-ring (bicyclic) bond motifs is 1. The van der Waals surface area contributed by atoms with Crippen molar-refractivity contribution in [1.82, 2.24) is 29.5 Å². The van der Waals surface area contributed by atoms with Crippen LogP contribution in [0.25, 0.3) is 16.8 Å². The number of hydrogen-bond donors (Lipinski definition) is 0. The summed E-state index contributed by atoms with van der Waals surface area (Å²) in [7, 11) is 0. The van der Waals surface area contributed by atoms with Crippen molar-refractivity contribution in [2.75, 3.05) is 13.1 Å². The summed E-state index contributed by atoms with van der Waals surface area (Å²) in [5.74, 6) is 1.21. The lowest BCUT2D eigenvalue weighted by molar-refractivity contribution is 0.1000. The molecule has 9 heteroatoms. The summed E-state index contributed by atoms with van der Waals surface area (Å²) in [4.78, 5) is 1.79. The lowest BCUT2D eigenvalue weighted by Gasteiger charge is -2.31. The summed E-state index contributed by atoms with van der Waals surface area (Å²) in [5.41, 5.74) is 3.81. The van der Waals surface area contributed by atoms with Gasteiger partial charge in [0, 0.05) is 24.8 Å². The third kappa shape index (κ3) is 3.44. The van der Waals surface area contributed by atoms with Crippen molar-refractivity contribution >= 4 is 5.52 Å². The van der Waals surface area contributed by atoms with E-state index in [0.717, 1.165) is 42.9 Å². The molecule has 0 N–H and O–H groups in total. The largest absolute Gasteiger partial charge is 0.488 e. The van der Waals surface area contributed by atoms with E-state index in [1.54, 1.807) is 15.6 Å². The Kier molecular flexibility index (Phi) is 5.18. The van der Waals surface area contributed by atoms with Gasteiger partial charge in [-0.05, 0) is 51.5 Å². The zero-order chi connectivity index (χ0) is 22.2. The molecular formula is C23H26N8O. The highest BCUT2D eigenvalue weighted by atomic mass is 16.5. The van der Waals surface area contributed by atoms with E-state index in [1.807, 2.05) is 23.9 Å². The third-order valence-corrected chi connectivity index (χ3v) is 6.98. The monoisotopic (exact) mass is 430 g/mol. The first-order chi connectivity index (χ1) is 15.6. The van der Waals surface area contributed by atoms with Crippen molar-refractivity contribution in [2.45, 2.75) is 58.1 Å². The van der Waals surface area contributed by atoms with Crippen molar-refractivity contribution in [1.29, 1.82) is 10.5 Å². The topological polar surface area (TPSA) is 108 Å². The SMILES string of the molecule is Cc1c(-c2cc(O[C@H](C)C3CCC3)c3c(C#N)cnn3c2)nnn1C1CCN(C#N)CC1. The number of rotatable bonds is 5. The molecule has 0 amide bonds. The van der Waals surface area contributed by atoms with Crippen LogP contribution in [0.2, 0.25) is 0 Å². The fraction of sp³-hybridized carbons (Fsp3) is 0.522. The molecule has 3 aromatic heterocycles. The maximum atomic E-state index is 9.56. The summed E-state index contributed by atoms with van der Waals surface area (Å²) in [6.45, 7) is 5.61. The van der Waals surface area contributed by atoms with Crippen LogP contribution in [0.15, 0.2) is 18.5 Å². The van der Waals surface area contributed by atoms with Gasteiger partial charge in [0.1, 0.15) is 28.6 Å². The fourth-order valence-electron chi connectivity index (χ4n) is 4.76. The highest BCUT2D eigenvalue weighted by Gasteiger charge is 2.28. The average molecular weight is 431 g/mol. The number of nitrogens with zero attached hydrogens (tertiary/aromatic N) is 8. The van der Waals surface area contributed by atoms with Gasteiger partial charge in [-0.25, -0.2) is 9.20 Å². The Balaban J connectivity index is 1.50. The summed E-state index contributed by atoms with van der Waals surface area (Å²) in [5, 5.41) is 32.0. The van der Waals surface area contributed by atoms with Crippen LogP contribution in [-0.2, 0) is 0 Å². The van der Waals surface area contributed by atoms with Gasteiger partial charge in [-0.3, -0.25) is 0 Å². The fourth-order valence-corrected chi connectivity index (χ4v) is 4.76. The van der Waals surface area contributed by atoms with E-state index >= 15 is 0 Å². The summed E-state index contributed by atoms with van der Waals surface area (Å²) < 4.78 is 10.1. The van der Waals surface area contributed by atoms with Crippen molar-refractivity contribution in [3.63, 3.8) is 0 Å². The van der Waals surface area contributed by atoms with Crippen molar-refractivity contribution in [2.24, 2.45) is 5.92 Å². The molecule has 32 heavy (non-hydrogen) atoms. The van der Waals surface area contributed by atoms with E-state index < -0.39 is 0 Å². The van der Waals surface area contributed by atoms with E-state index in [-0.39, 0.29) is 12.1 Å². The Bertz CT molecular complexity index is 1220. The summed E-state index contributed by atoms with van der Waals surface area (Å²) in [6.07, 6.45) is 11.1. The van der Waals surface area contributed by atoms with Gasteiger partial charge in [-0.1, -0.05) is 11.6 Å². The number of nitriles is 2. The number of ether oxygens (including phenoxy) is 1. The van der Waals surface area contributed by atoms with Crippen molar-refractivity contribution in [3.8, 4) is 29.3 Å². The predicted molar refractivity (Wildman–Crippen MR) is 117 cm³/mol. The molecule has 0 unspecified atom stereocenters. The van der Waals surface area contributed by atoms with Gasteiger partial charge in [0.25, 0.3) is 0 Å². The van der Waals surface area contributed by atoms with Crippen molar-refractivity contribution in [3.05, 3.63) is 29.7 Å². The third-order valence-electron chi connectivity index (χ3n) is 6.98.